The summed E-state index contributed by atoms with van der Waals surface area (Å²) in [4.78, 5) is 25.1. The Morgan fingerprint density at radius 2 is 1.14 bits per heavy atom. The Morgan fingerprint density at radius 1 is 0.759 bits per heavy atom. The maximum absolute atomic E-state index is 12.6. The highest BCUT2D eigenvalue weighted by Gasteiger charge is 2.44. The second-order valence-electron chi connectivity index (χ2n) is 6.96. The van der Waals surface area contributed by atoms with E-state index in [0.29, 0.717) is 25.7 Å². The maximum atomic E-state index is 12.6. The summed E-state index contributed by atoms with van der Waals surface area (Å²) in [6.45, 7) is 0. The average molecular weight is 527 g/mol. The fourth-order valence-electron chi connectivity index (χ4n) is 3.08. The van der Waals surface area contributed by atoms with E-state index >= 15 is 0 Å². The predicted octanol–water partition coefficient (Wildman–Crippen LogP) is 5.34. The first-order valence-electron chi connectivity index (χ1n) is 9.18. The van der Waals surface area contributed by atoms with Crippen molar-refractivity contribution in [3.05, 3.63) is 24.3 Å². The molecule has 0 bridgehead atoms. The molecule has 0 aromatic rings. The molecule has 0 spiro atoms. The number of rotatable bonds is 6. The smallest absolute Gasteiger partial charge is 0.234 e. The van der Waals surface area contributed by atoms with Crippen LogP contribution in [0.4, 0.5) is 0 Å². The quantitative estimate of drug-likeness (QED) is 0.279. The molecule has 4 atom stereocenters. The lowest BCUT2D eigenvalue weighted by molar-refractivity contribution is -0.137. The van der Waals surface area contributed by atoms with E-state index in [0.717, 1.165) is 12.8 Å². The van der Waals surface area contributed by atoms with E-state index in [9.17, 15) is 9.59 Å². The molecule has 0 heterocycles. The number of allylic oxidation sites excluding steroid dienone is 4. The highest BCUT2D eigenvalue weighted by Crippen LogP contribution is 2.37. The standard InChI is InChI=1S/C18H22Cl6N2O3/c19-17(20,21)15(25-13(27)11-7-3-1-4-8-11)29-16(18(22,23)24)26-14(28)12-9-5-2-6-10-12/h1-3,5,11-12,15-16H,4,6-10H2,(H,25,27)(H,26,28)/t11-,12-,15-,16-/m0/s1. The second kappa shape index (κ2) is 11.1. The molecule has 11 heteroatoms. The number of hydrogen-bond acceptors (Lipinski definition) is 3. The van der Waals surface area contributed by atoms with E-state index in [1.54, 1.807) is 0 Å². The molecule has 0 saturated carbocycles. The molecule has 0 aromatic carbocycles. The zero-order chi connectivity index (χ0) is 21.7. The lowest BCUT2D eigenvalue weighted by Crippen LogP contribution is -2.56. The van der Waals surface area contributed by atoms with Crippen LogP contribution in [-0.4, -0.2) is 31.9 Å². The minimum absolute atomic E-state index is 0.284. The van der Waals surface area contributed by atoms with Crippen molar-refractivity contribution in [2.45, 2.75) is 58.6 Å². The summed E-state index contributed by atoms with van der Waals surface area (Å²) in [7, 11) is 0. The van der Waals surface area contributed by atoms with Crippen molar-refractivity contribution < 1.29 is 14.3 Å². The van der Waals surface area contributed by atoms with Gasteiger partial charge in [-0.05, 0) is 38.5 Å². The topological polar surface area (TPSA) is 67.4 Å². The Kier molecular flexibility index (Phi) is 9.74. The Balaban J connectivity index is 2.09. The van der Waals surface area contributed by atoms with Crippen LogP contribution in [0.25, 0.3) is 0 Å². The van der Waals surface area contributed by atoms with Crippen molar-refractivity contribution in [1.29, 1.82) is 0 Å². The van der Waals surface area contributed by atoms with E-state index in [2.05, 4.69) is 10.6 Å². The van der Waals surface area contributed by atoms with Crippen molar-refractivity contribution >= 4 is 81.4 Å². The normalized spacial score (nSPS) is 24.6. The largest absolute Gasteiger partial charge is 0.327 e. The summed E-state index contributed by atoms with van der Waals surface area (Å²) >= 11 is 35.9. The summed E-state index contributed by atoms with van der Waals surface area (Å²) in [5.41, 5.74) is 0. The van der Waals surface area contributed by atoms with Gasteiger partial charge in [0.15, 0.2) is 12.5 Å². The summed E-state index contributed by atoms with van der Waals surface area (Å²) in [6, 6.07) is 0. The Bertz CT molecular complexity index is 590. The van der Waals surface area contributed by atoms with Crippen LogP contribution in [0.1, 0.15) is 38.5 Å². The molecule has 0 aromatic heterocycles. The maximum Gasteiger partial charge on any atom is 0.234 e. The van der Waals surface area contributed by atoms with Crippen molar-refractivity contribution in [3.8, 4) is 0 Å². The van der Waals surface area contributed by atoms with Gasteiger partial charge in [0, 0.05) is 11.8 Å². The molecule has 0 aliphatic heterocycles. The predicted molar refractivity (Wildman–Crippen MR) is 118 cm³/mol. The number of alkyl halides is 6. The van der Waals surface area contributed by atoms with Gasteiger partial charge in [-0.3, -0.25) is 9.59 Å². The van der Waals surface area contributed by atoms with Gasteiger partial charge < -0.3 is 15.4 Å². The lowest BCUT2D eigenvalue weighted by atomic mass is 9.93. The van der Waals surface area contributed by atoms with Crippen LogP contribution in [-0.2, 0) is 14.3 Å². The number of amides is 2. The van der Waals surface area contributed by atoms with Crippen LogP contribution in [0, 0.1) is 11.8 Å². The zero-order valence-electron chi connectivity index (χ0n) is 15.4. The molecule has 0 radical (unpaired) electrons. The van der Waals surface area contributed by atoms with Gasteiger partial charge in [-0.1, -0.05) is 93.9 Å². The minimum atomic E-state index is -2.06. The van der Waals surface area contributed by atoms with E-state index in [1.807, 2.05) is 24.3 Å². The number of nitrogens with one attached hydrogen (secondary N) is 2. The number of ether oxygens (including phenoxy) is 1. The second-order valence-corrected chi connectivity index (χ2v) is 11.7. The first kappa shape index (κ1) is 25.4. The van der Waals surface area contributed by atoms with Gasteiger partial charge in [0.25, 0.3) is 0 Å². The van der Waals surface area contributed by atoms with E-state index in [1.165, 1.54) is 0 Å². The van der Waals surface area contributed by atoms with E-state index in [4.69, 9.17) is 74.3 Å². The molecule has 2 amide bonds. The van der Waals surface area contributed by atoms with Crippen LogP contribution >= 0.6 is 69.6 Å². The zero-order valence-corrected chi connectivity index (χ0v) is 19.9. The lowest BCUT2D eigenvalue weighted by Gasteiger charge is -2.34. The molecule has 164 valence electrons. The third kappa shape index (κ3) is 8.29. The molecule has 2 N–H and O–H groups in total. The van der Waals surface area contributed by atoms with E-state index in [-0.39, 0.29) is 23.7 Å². The Hall–Kier alpha value is 0.120. The molecule has 0 fully saturated rings. The van der Waals surface area contributed by atoms with Gasteiger partial charge >= 0.3 is 0 Å². The molecule has 2 aliphatic rings. The number of halogens is 6. The van der Waals surface area contributed by atoms with Crippen molar-refractivity contribution in [3.63, 3.8) is 0 Å². The van der Waals surface area contributed by atoms with Crippen LogP contribution in [0.5, 0.6) is 0 Å². The Morgan fingerprint density at radius 3 is 1.41 bits per heavy atom. The summed E-state index contributed by atoms with van der Waals surface area (Å²) in [6.07, 6.45) is 8.96. The fraction of sp³-hybridized carbons (Fsp3) is 0.667. The SMILES string of the molecule is O=C(N[C@@H](O[C@H](NC(=O)[C@H]1CC=CCC1)C(Cl)(Cl)Cl)C(Cl)(Cl)Cl)[C@H]1CC=CCC1. The molecule has 2 aliphatic carbocycles. The van der Waals surface area contributed by atoms with Crippen molar-refractivity contribution in [2.24, 2.45) is 11.8 Å². The van der Waals surface area contributed by atoms with Crippen molar-refractivity contribution in [1.82, 2.24) is 10.6 Å². The molecule has 2 rings (SSSR count). The molecule has 5 nitrogen and oxygen atoms in total. The first-order chi connectivity index (χ1) is 13.5. The molecular weight excluding hydrogens is 505 g/mol. The van der Waals surface area contributed by atoms with Crippen LogP contribution in [0.3, 0.4) is 0 Å². The Labute approximate surface area is 200 Å². The van der Waals surface area contributed by atoms with Crippen LogP contribution < -0.4 is 10.6 Å². The van der Waals surface area contributed by atoms with Crippen LogP contribution in [0.2, 0.25) is 0 Å². The van der Waals surface area contributed by atoms with Crippen LogP contribution in [0.15, 0.2) is 24.3 Å². The highest BCUT2D eigenvalue weighted by molar-refractivity contribution is 6.68. The summed E-state index contributed by atoms with van der Waals surface area (Å²) < 4.78 is 1.49. The monoisotopic (exact) mass is 524 g/mol. The van der Waals surface area contributed by atoms with E-state index < -0.39 is 20.0 Å². The summed E-state index contributed by atoms with van der Waals surface area (Å²) in [5.74, 6) is -1.27. The third-order valence-corrected chi connectivity index (χ3v) is 5.88. The van der Waals surface area contributed by atoms with Gasteiger partial charge in [-0.15, -0.1) is 0 Å². The van der Waals surface area contributed by atoms with Gasteiger partial charge in [0.05, 0.1) is 0 Å². The number of carbonyl (C=O) groups is 2. The van der Waals surface area contributed by atoms with Gasteiger partial charge in [0.1, 0.15) is 0 Å². The molecule has 0 unspecified atom stereocenters. The molecule has 0 saturated heterocycles. The molecule has 29 heavy (non-hydrogen) atoms. The first-order valence-corrected chi connectivity index (χ1v) is 11.4. The van der Waals surface area contributed by atoms with Gasteiger partial charge in [0.2, 0.25) is 19.4 Å². The average Bonchev–Trinajstić information content (AvgIpc) is 2.66. The molecular formula is C18H22Cl6N2O3. The number of carbonyl (C=O) groups excluding carboxylic acids is 2. The summed E-state index contributed by atoms with van der Waals surface area (Å²) in [5, 5.41) is 5.11. The third-order valence-electron chi connectivity index (χ3n) is 4.69. The van der Waals surface area contributed by atoms with Gasteiger partial charge in [-0.25, -0.2) is 0 Å². The van der Waals surface area contributed by atoms with Crippen molar-refractivity contribution in [2.75, 3.05) is 0 Å². The minimum Gasteiger partial charge on any atom is -0.327 e. The van der Waals surface area contributed by atoms with Gasteiger partial charge in [-0.2, -0.15) is 0 Å². The fourth-order valence-corrected chi connectivity index (χ4v) is 3.72. The highest BCUT2D eigenvalue weighted by atomic mass is 35.6. The number of hydrogen-bond donors (Lipinski definition) is 2.